The summed E-state index contributed by atoms with van der Waals surface area (Å²) in [5.74, 6) is -0.690. The van der Waals surface area contributed by atoms with Gasteiger partial charge in [-0.3, -0.25) is 14.4 Å². The topological polar surface area (TPSA) is 66.9 Å². The molecule has 1 aliphatic carbocycles. The Morgan fingerprint density at radius 2 is 1.82 bits per heavy atom. The Morgan fingerprint density at radius 1 is 1.08 bits per heavy atom. The fourth-order valence-corrected chi connectivity index (χ4v) is 6.90. The van der Waals surface area contributed by atoms with Gasteiger partial charge in [-0.1, -0.05) is 65.7 Å². The first kappa shape index (κ1) is 27.7. The molecule has 3 aliphatic rings. The molecule has 0 unspecified atom stereocenters. The number of piperidine rings is 2. The SMILES string of the molecule is CCOC(=O)[C@]12CCC=C1N(Cc1ccc(Cl)cc1Cl)C(=O)[C@H](CC(=O)N1CCC(c3ccccc3)CC1)C2. The number of hydrogen-bond acceptors (Lipinski definition) is 4. The van der Waals surface area contributed by atoms with Crippen molar-refractivity contribution in [2.45, 2.75) is 57.9 Å². The van der Waals surface area contributed by atoms with Gasteiger partial charge in [0.2, 0.25) is 11.8 Å². The Balaban J connectivity index is 1.35. The highest BCUT2D eigenvalue weighted by Crippen LogP contribution is 2.52. The van der Waals surface area contributed by atoms with Gasteiger partial charge in [-0.05, 0) is 68.2 Å². The number of carbonyl (C=O) groups excluding carboxylic acids is 3. The Kier molecular flexibility index (Phi) is 8.34. The fourth-order valence-electron chi connectivity index (χ4n) is 6.43. The average Bonchev–Trinajstić information content (AvgIpc) is 3.38. The van der Waals surface area contributed by atoms with Crippen LogP contribution in [0, 0.1) is 11.3 Å². The second kappa shape index (κ2) is 11.7. The summed E-state index contributed by atoms with van der Waals surface area (Å²) in [7, 11) is 0. The van der Waals surface area contributed by atoms with Gasteiger partial charge in [0.1, 0.15) is 5.41 Å². The molecule has 0 aromatic heterocycles. The number of carbonyl (C=O) groups is 3. The minimum atomic E-state index is -0.936. The standard InChI is InChI=1S/C31H34Cl2N2O4/c1-2-39-30(38)31-14-6-9-27(31)35(20-23-10-11-25(32)18-26(23)33)29(37)24(19-31)17-28(36)34-15-12-22(13-16-34)21-7-4-3-5-8-21/h3-5,7-11,18,22,24H,2,6,12-17,19-20H2,1H3/t24-,31+/m1/s1. The second-order valence-corrected chi connectivity index (χ2v) is 11.6. The van der Waals surface area contributed by atoms with E-state index in [-0.39, 0.29) is 43.8 Å². The lowest BCUT2D eigenvalue weighted by atomic mass is 9.71. The predicted molar refractivity (Wildman–Crippen MR) is 151 cm³/mol. The van der Waals surface area contributed by atoms with Crippen LogP contribution in [0.4, 0.5) is 0 Å². The van der Waals surface area contributed by atoms with Gasteiger partial charge in [-0.25, -0.2) is 0 Å². The van der Waals surface area contributed by atoms with Crippen molar-refractivity contribution in [1.82, 2.24) is 9.80 Å². The van der Waals surface area contributed by atoms with E-state index in [9.17, 15) is 14.4 Å². The van der Waals surface area contributed by atoms with Gasteiger partial charge < -0.3 is 14.5 Å². The van der Waals surface area contributed by atoms with E-state index in [1.807, 2.05) is 17.0 Å². The van der Waals surface area contributed by atoms with Crippen LogP contribution in [-0.2, 0) is 25.7 Å². The minimum absolute atomic E-state index is 0.0335. The molecule has 2 fully saturated rings. The van der Waals surface area contributed by atoms with Crippen LogP contribution in [0.5, 0.6) is 0 Å². The third kappa shape index (κ3) is 5.59. The Hall–Kier alpha value is -2.83. The molecule has 2 aromatic rings. The van der Waals surface area contributed by atoms with Crippen molar-refractivity contribution in [2.24, 2.45) is 11.3 Å². The zero-order chi connectivity index (χ0) is 27.6. The molecule has 2 saturated heterocycles. The maximum Gasteiger partial charge on any atom is 0.318 e. The molecule has 39 heavy (non-hydrogen) atoms. The molecule has 8 heteroatoms. The first-order valence-corrected chi connectivity index (χ1v) is 14.5. The van der Waals surface area contributed by atoms with E-state index < -0.39 is 11.3 Å². The second-order valence-electron chi connectivity index (χ2n) is 10.8. The molecule has 2 amide bonds. The molecule has 2 heterocycles. The number of rotatable bonds is 7. The molecule has 0 bridgehead atoms. The van der Waals surface area contributed by atoms with E-state index in [4.69, 9.17) is 27.9 Å². The Morgan fingerprint density at radius 3 is 2.51 bits per heavy atom. The van der Waals surface area contributed by atoms with Crippen molar-refractivity contribution < 1.29 is 19.1 Å². The van der Waals surface area contributed by atoms with Gasteiger partial charge in [-0.15, -0.1) is 0 Å². The van der Waals surface area contributed by atoms with Gasteiger partial charge in [0.25, 0.3) is 0 Å². The number of amides is 2. The van der Waals surface area contributed by atoms with Gasteiger partial charge in [0, 0.05) is 41.2 Å². The van der Waals surface area contributed by atoms with Crippen LogP contribution >= 0.6 is 23.2 Å². The van der Waals surface area contributed by atoms with E-state index in [1.54, 1.807) is 30.0 Å². The summed E-state index contributed by atoms with van der Waals surface area (Å²) in [5, 5.41) is 0.962. The number of benzene rings is 2. The van der Waals surface area contributed by atoms with Gasteiger partial charge in [0.05, 0.1) is 13.2 Å². The summed E-state index contributed by atoms with van der Waals surface area (Å²) in [6, 6.07) is 15.6. The molecular formula is C31H34Cl2N2O4. The van der Waals surface area contributed by atoms with E-state index in [2.05, 4.69) is 24.3 Å². The first-order valence-electron chi connectivity index (χ1n) is 13.8. The molecule has 2 aromatic carbocycles. The molecule has 0 radical (unpaired) electrons. The number of esters is 1. The summed E-state index contributed by atoms with van der Waals surface area (Å²) in [5.41, 5.74) is 1.77. The van der Waals surface area contributed by atoms with E-state index in [1.165, 1.54) is 5.56 Å². The molecule has 0 saturated carbocycles. The number of ether oxygens (including phenoxy) is 1. The van der Waals surface area contributed by atoms with Crippen molar-refractivity contribution >= 4 is 41.0 Å². The van der Waals surface area contributed by atoms with Gasteiger partial charge >= 0.3 is 5.97 Å². The van der Waals surface area contributed by atoms with Crippen molar-refractivity contribution in [2.75, 3.05) is 19.7 Å². The smallest absolute Gasteiger partial charge is 0.318 e. The lowest BCUT2D eigenvalue weighted by molar-refractivity contribution is -0.161. The van der Waals surface area contributed by atoms with Crippen molar-refractivity contribution in [1.29, 1.82) is 0 Å². The number of halogens is 2. The number of nitrogens with zero attached hydrogens (tertiary/aromatic N) is 2. The summed E-state index contributed by atoms with van der Waals surface area (Å²) in [4.78, 5) is 44.3. The van der Waals surface area contributed by atoms with Crippen LogP contribution in [0.3, 0.4) is 0 Å². The first-order chi connectivity index (χ1) is 18.8. The van der Waals surface area contributed by atoms with Crippen LogP contribution in [-0.4, -0.2) is 47.3 Å². The lowest BCUT2D eigenvalue weighted by Crippen LogP contribution is -2.52. The normalized spacial score (nSPS) is 23.4. The molecule has 5 rings (SSSR count). The highest BCUT2D eigenvalue weighted by atomic mass is 35.5. The molecule has 0 spiro atoms. The zero-order valence-electron chi connectivity index (χ0n) is 22.2. The van der Waals surface area contributed by atoms with E-state index in [0.29, 0.717) is 47.6 Å². The maximum absolute atomic E-state index is 13.9. The molecule has 0 N–H and O–H groups in total. The molecular weight excluding hydrogens is 535 g/mol. The molecule has 206 valence electrons. The van der Waals surface area contributed by atoms with E-state index in [0.717, 1.165) is 18.4 Å². The third-order valence-corrected chi connectivity index (χ3v) is 9.04. The Bertz CT molecular complexity index is 1270. The van der Waals surface area contributed by atoms with Crippen molar-refractivity contribution in [3.05, 3.63) is 81.5 Å². The summed E-state index contributed by atoms with van der Waals surface area (Å²) in [6.45, 7) is 3.57. The summed E-state index contributed by atoms with van der Waals surface area (Å²) in [6.07, 6.45) is 5.35. The third-order valence-electron chi connectivity index (χ3n) is 8.45. The number of likely N-dealkylation sites (tertiary alicyclic amines) is 2. The van der Waals surface area contributed by atoms with Gasteiger partial charge in [-0.2, -0.15) is 0 Å². The summed E-state index contributed by atoms with van der Waals surface area (Å²) >= 11 is 12.6. The number of fused-ring (bicyclic) bond motifs is 1. The van der Waals surface area contributed by atoms with Crippen molar-refractivity contribution in [3.8, 4) is 0 Å². The minimum Gasteiger partial charge on any atom is -0.465 e. The fraction of sp³-hybridized carbons (Fsp3) is 0.452. The molecule has 2 atom stereocenters. The quantitative estimate of drug-likeness (QED) is 0.364. The van der Waals surface area contributed by atoms with Crippen LogP contribution in [0.25, 0.3) is 0 Å². The lowest BCUT2D eigenvalue weighted by Gasteiger charge is -2.44. The number of allylic oxidation sites excluding steroid dienone is 1. The monoisotopic (exact) mass is 568 g/mol. The van der Waals surface area contributed by atoms with Gasteiger partial charge in [0.15, 0.2) is 0 Å². The molecule has 6 nitrogen and oxygen atoms in total. The zero-order valence-corrected chi connectivity index (χ0v) is 23.7. The van der Waals surface area contributed by atoms with Crippen LogP contribution < -0.4 is 0 Å². The Labute approximate surface area is 239 Å². The summed E-state index contributed by atoms with van der Waals surface area (Å²) < 4.78 is 5.53. The van der Waals surface area contributed by atoms with Crippen LogP contribution in [0.1, 0.15) is 62.5 Å². The largest absolute Gasteiger partial charge is 0.465 e. The highest BCUT2D eigenvalue weighted by molar-refractivity contribution is 6.35. The van der Waals surface area contributed by atoms with E-state index >= 15 is 0 Å². The highest BCUT2D eigenvalue weighted by Gasteiger charge is 2.55. The molecule has 2 aliphatic heterocycles. The maximum atomic E-state index is 13.9. The van der Waals surface area contributed by atoms with Crippen LogP contribution in [0.15, 0.2) is 60.3 Å². The predicted octanol–water partition coefficient (Wildman–Crippen LogP) is 6.37. The van der Waals surface area contributed by atoms with Crippen molar-refractivity contribution in [3.63, 3.8) is 0 Å². The van der Waals surface area contributed by atoms with Crippen LogP contribution in [0.2, 0.25) is 10.0 Å². The number of hydrogen-bond donors (Lipinski definition) is 0. The average molecular weight is 570 g/mol.